The Bertz CT molecular complexity index is 922. The summed E-state index contributed by atoms with van der Waals surface area (Å²) in [6.45, 7) is 9.09. The molecule has 152 valence electrons. The summed E-state index contributed by atoms with van der Waals surface area (Å²) in [5.41, 5.74) is 3.58. The van der Waals surface area contributed by atoms with Crippen LogP contribution in [0.15, 0.2) is 55.0 Å². The second kappa shape index (κ2) is 9.23. The monoisotopic (exact) mass is 390 g/mol. The molecule has 1 unspecified atom stereocenters. The third-order valence-electron chi connectivity index (χ3n) is 5.69. The van der Waals surface area contributed by atoms with Crippen LogP contribution in [0.1, 0.15) is 31.0 Å². The van der Waals surface area contributed by atoms with Crippen molar-refractivity contribution in [2.24, 2.45) is 5.92 Å². The minimum absolute atomic E-state index is 0.617. The number of benzene rings is 1. The molecule has 1 saturated heterocycles. The molecule has 4 rings (SSSR count). The van der Waals surface area contributed by atoms with Gasteiger partial charge in [0.25, 0.3) is 0 Å². The molecule has 1 aliphatic heterocycles. The first-order valence-electron chi connectivity index (χ1n) is 10.6. The molecule has 5 heteroatoms. The van der Waals surface area contributed by atoms with E-state index in [1.165, 1.54) is 24.1 Å². The fourth-order valence-corrected chi connectivity index (χ4v) is 4.29. The van der Waals surface area contributed by atoms with Gasteiger partial charge in [0.2, 0.25) is 0 Å². The Morgan fingerprint density at radius 1 is 1.14 bits per heavy atom. The molecule has 1 aromatic carbocycles. The lowest BCUT2D eigenvalue weighted by Gasteiger charge is -2.33. The number of pyridine rings is 1. The average Bonchev–Trinajstić information content (AvgIpc) is 3.11. The van der Waals surface area contributed by atoms with Gasteiger partial charge in [0.1, 0.15) is 11.6 Å². The molecule has 0 bridgehead atoms. The van der Waals surface area contributed by atoms with E-state index in [-0.39, 0.29) is 0 Å². The molecular formula is C24H30N4O. The minimum Gasteiger partial charge on any atom is -0.494 e. The molecule has 3 heterocycles. The Labute approximate surface area is 173 Å². The van der Waals surface area contributed by atoms with Crippen LogP contribution in [-0.2, 0) is 13.1 Å². The second-order valence-corrected chi connectivity index (χ2v) is 7.86. The average molecular weight is 391 g/mol. The Morgan fingerprint density at radius 3 is 2.86 bits per heavy atom. The van der Waals surface area contributed by atoms with E-state index < -0.39 is 0 Å². The van der Waals surface area contributed by atoms with E-state index in [4.69, 9.17) is 4.74 Å². The molecule has 0 spiro atoms. The maximum atomic E-state index is 5.83. The molecule has 3 aromatic rings. The van der Waals surface area contributed by atoms with Crippen molar-refractivity contribution >= 4 is 0 Å². The van der Waals surface area contributed by atoms with Crippen LogP contribution < -0.4 is 4.74 Å². The van der Waals surface area contributed by atoms with E-state index in [2.05, 4.69) is 56.7 Å². The van der Waals surface area contributed by atoms with Crippen molar-refractivity contribution in [3.05, 3.63) is 66.2 Å². The van der Waals surface area contributed by atoms with Crippen LogP contribution in [-0.4, -0.2) is 39.1 Å². The van der Waals surface area contributed by atoms with Crippen LogP contribution in [0.3, 0.4) is 0 Å². The number of aryl methyl sites for hydroxylation is 1. The number of rotatable bonds is 7. The standard InChI is InChI=1S/C24H30N4O/c1-3-29-23-11-5-4-9-22(23)18-27-13-7-8-20(16-27)17-28-19(2)14-26-24(28)21-10-6-12-25-15-21/h4-6,9-12,14-15,20H,3,7-8,13,16-18H2,1-2H3. The van der Waals surface area contributed by atoms with Gasteiger partial charge in [0, 0.05) is 55.0 Å². The zero-order valence-electron chi connectivity index (χ0n) is 17.4. The van der Waals surface area contributed by atoms with Crippen molar-refractivity contribution in [1.82, 2.24) is 19.4 Å². The predicted molar refractivity (Wildman–Crippen MR) is 116 cm³/mol. The summed E-state index contributed by atoms with van der Waals surface area (Å²) in [6.07, 6.45) is 8.17. The maximum Gasteiger partial charge on any atom is 0.141 e. The summed E-state index contributed by atoms with van der Waals surface area (Å²) < 4.78 is 8.19. The second-order valence-electron chi connectivity index (χ2n) is 7.86. The largest absolute Gasteiger partial charge is 0.494 e. The van der Waals surface area contributed by atoms with Gasteiger partial charge in [-0.05, 0) is 57.4 Å². The van der Waals surface area contributed by atoms with Crippen molar-refractivity contribution in [3.8, 4) is 17.1 Å². The zero-order chi connectivity index (χ0) is 20.1. The number of hydrogen-bond donors (Lipinski definition) is 0. The number of aromatic nitrogens is 3. The highest BCUT2D eigenvalue weighted by atomic mass is 16.5. The molecule has 0 radical (unpaired) electrons. The Kier molecular flexibility index (Phi) is 6.25. The highest BCUT2D eigenvalue weighted by molar-refractivity contribution is 5.54. The number of likely N-dealkylation sites (tertiary alicyclic amines) is 1. The lowest BCUT2D eigenvalue weighted by molar-refractivity contribution is 0.154. The molecule has 0 aliphatic carbocycles. The van der Waals surface area contributed by atoms with E-state index in [1.54, 1.807) is 0 Å². The van der Waals surface area contributed by atoms with E-state index in [0.717, 1.165) is 43.3 Å². The van der Waals surface area contributed by atoms with Crippen LogP contribution in [0.5, 0.6) is 5.75 Å². The summed E-state index contributed by atoms with van der Waals surface area (Å²) in [4.78, 5) is 11.5. The summed E-state index contributed by atoms with van der Waals surface area (Å²) >= 11 is 0. The number of para-hydroxylation sites is 1. The highest BCUT2D eigenvalue weighted by Crippen LogP contribution is 2.26. The van der Waals surface area contributed by atoms with Crippen LogP contribution >= 0.6 is 0 Å². The third kappa shape index (κ3) is 4.67. The van der Waals surface area contributed by atoms with Gasteiger partial charge < -0.3 is 9.30 Å². The molecule has 0 amide bonds. The molecule has 29 heavy (non-hydrogen) atoms. The summed E-state index contributed by atoms with van der Waals surface area (Å²) in [5, 5.41) is 0. The summed E-state index contributed by atoms with van der Waals surface area (Å²) in [6, 6.07) is 12.5. The Morgan fingerprint density at radius 2 is 2.03 bits per heavy atom. The third-order valence-corrected chi connectivity index (χ3v) is 5.69. The van der Waals surface area contributed by atoms with Gasteiger partial charge in [-0.25, -0.2) is 4.98 Å². The number of imidazole rings is 1. The number of nitrogens with zero attached hydrogens (tertiary/aromatic N) is 4. The van der Waals surface area contributed by atoms with Crippen molar-refractivity contribution in [3.63, 3.8) is 0 Å². The molecule has 1 aliphatic rings. The minimum atomic E-state index is 0.617. The lowest BCUT2D eigenvalue weighted by atomic mass is 9.97. The summed E-state index contributed by atoms with van der Waals surface area (Å²) in [7, 11) is 0. The lowest BCUT2D eigenvalue weighted by Crippen LogP contribution is -2.36. The van der Waals surface area contributed by atoms with Gasteiger partial charge in [-0.1, -0.05) is 18.2 Å². The van der Waals surface area contributed by atoms with Gasteiger partial charge in [-0.2, -0.15) is 0 Å². The molecule has 1 fully saturated rings. The fraction of sp³-hybridized carbons (Fsp3) is 0.417. The van der Waals surface area contributed by atoms with E-state index >= 15 is 0 Å². The fourth-order valence-electron chi connectivity index (χ4n) is 4.29. The Balaban J connectivity index is 1.46. The number of hydrogen-bond acceptors (Lipinski definition) is 4. The van der Waals surface area contributed by atoms with Gasteiger partial charge in [-0.3, -0.25) is 9.88 Å². The van der Waals surface area contributed by atoms with Gasteiger partial charge in [0.15, 0.2) is 0 Å². The molecule has 5 nitrogen and oxygen atoms in total. The van der Waals surface area contributed by atoms with Crippen LogP contribution in [0, 0.1) is 12.8 Å². The van der Waals surface area contributed by atoms with Crippen LogP contribution in [0.2, 0.25) is 0 Å². The highest BCUT2D eigenvalue weighted by Gasteiger charge is 2.23. The quantitative estimate of drug-likeness (QED) is 0.593. The first-order valence-corrected chi connectivity index (χ1v) is 10.6. The van der Waals surface area contributed by atoms with E-state index in [0.29, 0.717) is 12.5 Å². The smallest absolute Gasteiger partial charge is 0.141 e. The van der Waals surface area contributed by atoms with Crippen LogP contribution in [0.25, 0.3) is 11.4 Å². The van der Waals surface area contributed by atoms with Gasteiger partial charge in [-0.15, -0.1) is 0 Å². The van der Waals surface area contributed by atoms with Crippen molar-refractivity contribution < 1.29 is 4.74 Å². The van der Waals surface area contributed by atoms with Crippen molar-refractivity contribution in [1.29, 1.82) is 0 Å². The normalized spacial score (nSPS) is 17.4. The zero-order valence-corrected chi connectivity index (χ0v) is 17.4. The Hall–Kier alpha value is -2.66. The van der Waals surface area contributed by atoms with Crippen LogP contribution in [0.4, 0.5) is 0 Å². The molecule has 0 N–H and O–H groups in total. The first-order chi connectivity index (χ1) is 14.2. The van der Waals surface area contributed by atoms with E-state index in [1.807, 2.05) is 31.6 Å². The maximum absolute atomic E-state index is 5.83. The number of piperidine rings is 1. The molecule has 0 saturated carbocycles. The van der Waals surface area contributed by atoms with Crippen molar-refractivity contribution in [2.45, 2.75) is 39.8 Å². The predicted octanol–water partition coefficient (Wildman–Crippen LogP) is 4.56. The molecule has 1 atom stereocenters. The number of ether oxygens (including phenoxy) is 1. The van der Waals surface area contributed by atoms with Gasteiger partial charge in [0.05, 0.1) is 6.61 Å². The SMILES string of the molecule is CCOc1ccccc1CN1CCCC(Cn2c(C)cnc2-c2cccnc2)C1. The van der Waals surface area contributed by atoms with Gasteiger partial charge >= 0.3 is 0 Å². The topological polar surface area (TPSA) is 43.2 Å². The first kappa shape index (κ1) is 19.6. The van der Waals surface area contributed by atoms with E-state index in [9.17, 15) is 0 Å². The molecular weight excluding hydrogens is 360 g/mol. The summed E-state index contributed by atoms with van der Waals surface area (Å²) in [5.74, 6) is 2.65. The van der Waals surface area contributed by atoms with Crippen molar-refractivity contribution in [2.75, 3.05) is 19.7 Å². The molecule has 2 aromatic heterocycles.